The van der Waals surface area contributed by atoms with Gasteiger partial charge in [-0.2, -0.15) is 0 Å². The second kappa shape index (κ2) is 5.74. The van der Waals surface area contributed by atoms with Crippen LogP contribution in [0.5, 0.6) is 0 Å². The van der Waals surface area contributed by atoms with Gasteiger partial charge in [0.25, 0.3) is 0 Å². The lowest BCUT2D eigenvalue weighted by molar-refractivity contribution is 0.0970. The van der Waals surface area contributed by atoms with Crippen molar-refractivity contribution in [2.24, 2.45) is 5.92 Å². The molecule has 0 bridgehead atoms. The minimum Gasteiger partial charge on any atom is -0.384 e. The number of hydrogen-bond donors (Lipinski definition) is 2. The van der Waals surface area contributed by atoms with Crippen molar-refractivity contribution < 1.29 is 4.79 Å². The third-order valence-corrected chi connectivity index (χ3v) is 4.38. The molecule has 2 N–H and O–H groups in total. The first-order chi connectivity index (χ1) is 9.33. The zero-order valence-electron chi connectivity index (χ0n) is 11.4. The SMILES string of the molecule is O=C(CCC1CCNCC1)c1ccc2c(c1)CCN2. The van der Waals surface area contributed by atoms with Crippen molar-refractivity contribution in [3.05, 3.63) is 29.3 Å². The average molecular weight is 258 g/mol. The lowest BCUT2D eigenvalue weighted by atomic mass is 9.91. The van der Waals surface area contributed by atoms with Crippen LogP contribution in [0.15, 0.2) is 18.2 Å². The van der Waals surface area contributed by atoms with Gasteiger partial charge in [0, 0.05) is 24.2 Å². The molecule has 1 aromatic rings. The Kier molecular flexibility index (Phi) is 3.83. The number of benzene rings is 1. The Labute approximate surface area is 114 Å². The van der Waals surface area contributed by atoms with E-state index in [1.165, 1.54) is 24.1 Å². The summed E-state index contributed by atoms with van der Waals surface area (Å²) in [6.07, 6.45) is 5.25. The summed E-state index contributed by atoms with van der Waals surface area (Å²) in [5.74, 6) is 1.05. The number of hydrogen-bond acceptors (Lipinski definition) is 3. The standard InChI is InChI=1S/C16H22N2O/c19-16(4-1-12-5-8-17-9-6-12)14-2-3-15-13(11-14)7-10-18-15/h2-3,11-12,17-18H,1,4-10H2. The highest BCUT2D eigenvalue weighted by molar-refractivity contribution is 5.96. The van der Waals surface area contributed by atoms with Gasteiger partial charge in [0.05, 0.1) is 0 Å². The zero-order valence-corrected chi connectivity index (χ0v) is 11.4. The fraction of sp³-hybridized carbons (Fsp3) is 0.562. The second-order valence-electron chi connectivity index (χ2n) is 5.70. The summed E-state index contributed by atoms with van der Waals surface area (Å²) in [6, 6.07) is 6.11. The normalized spacial score (nSPS) is 18.9. The highest BCUT2D eigenvalue weighted by Gasteiger charge is 2.17. The van der Waals surface area contributed by atoms with Gasteiger partial charge in [0.2, 0.25) is 0 Å². The van der Waals surface area contributed by atoms with Crippen molar-refractivity contribution in [1.29, 1.82) is 0 Å². The summed E-state index contributed by atoms with van der Waals surface area (Å²) in [6.45, 7) is 3.23. The van der Waals surface area contributed by atoms with E-state index in [9.17, 15) is 4.79 Å². The molecular formula is C16H22N2O. The molecule has 3 heteroatoms. The van der Waals surface area contributed by atoms with Crippen LogP contribution in [0, 0.1) is 5.92 Å². The predicted octanol–water partition coefficient (Wildman–Crippen LogP) is 2.62. The number of nitrogens with one attached hydrogen (secondary N) is 2. The van der Waals surface area contributed by atoms with E-state index in [1.54, 1.807) is 0 Å². The summed E-state index contributed by atoms with van der Waals surface area (Å²) in [7, 11) is 0. The van der Waals surface area contributed by atoms with E-state index in [4.69, 9.17) is 0 Å². The van der Waals surface area contributed by atoms with Crippen LogP contribution in [0.1, 0.15) is 41.6 Å². The van der Waals surface area contributed by atoms with Crippen LogP contribution in [0.2, 0.25) is 0 Å². The number of rotatable bonds is 4. The van der Waals surface area contributed by atoms with Crippen LogP contribution in [0.3, 0.4) is 0 Å². The quantitative estimate of drug-likeness (QED) is 0.816. The molecule has 0 atom stereocenters. The van der Waals surface area contributed by atoms with Crippen LogP contribution < -0.4 is 10.6 Å². The maximum absolute atomic E-state index is 12.3. The Morgan fingerprint density at radius 2 is 2.05 bits per heavy atom. The first-order valence-electron chi connectivity index (χ1n) is 7.43. The third-order valence-electron chi connectivity index (χ3n) is 4.38. The van der Waals surface area contributed by atoms with Gasteiger partial charge in [-0.15, -0.1) is 0 Å². The maximum atomic E-state index is 12.3. The molecule has 0 saturated carbocycles. The number of carbonyl (C=O) groups is 1. The fourth-order valence-electron chi connectivity index (χ4n) is 3.13. The van der Waals surface area contributed by atoms with Crippen molar-refractivity contribution in [1.82, 2.24) is 5.32 Å². The van der Waals surface area contributed by atoms with E-state index < -0.39 is 0 Å². The van der Waals surface area contributed by atoms with Crippen molar-refractivity contribution in [2.75, 3.05) is 25.0 Å². The number of ketones is 1. The molecule has 1 aromatic carbocycles. The molecule has 0 amide bonds. The van der Waals surface area contributed by atoms with E-state index in [1.807, 2.05) is 6.07 Å². The van der Waals surface area contributed by atoms with Gasteiger partial charge in [-0.1, -0.05) is 0 Å². The topological polar surface area (TPSA) is 41.1 Å². The zero-order chi connectivity index (χ0) is 13.1. The lowest BCUT2D eigenvalue weighted by Gasteiger charge is -2.22. The van der Waals surface area contributed by atoms with Gasteiger partial charge in [0.15, 0.2) is 5.78 Å². The smallest absolute Gasteiger partial charge is 0.162 e. The van der Waals surface area contributed by atoms with Gasteiger partial charge in [-0.05, 0) is 68.5 Å². The molecule has 0 radical (unpaired) electrons. The number of Topliss-reactive ketones (excluding diaryl/α,β-unsaturated/α-hetero) is 1. The molecule has 1 saturated heterocycles. The highest BCUT2D eigenvalue weighted by Crippen LogP contribution is 2.25. The van der Waals surface area contributed by atoms with Gasteiger partial charge in [-0.3, -0.25) is 4.79 Å². The van der Waals surface area contributed by atoms with Crippen LogP contribution in [-0.4, -0.2) is 25.4 Å². The summed E-state index contributed by atoms with van der Waals surface area (Å²) in [4.78, 5) is 12.3. The molecule has 0 spiro atoms. The Bertz CT molecular complexity index is 464. The van der Waals surface area contributed by atoms with Crippen molar-refractivity contribution >= 4 is 11.5 Å². The number of anilines is 1. The summed E-state index contributed by atoms with van der Waals surface area (Å²) in [5, 5.41) is 6.70. The van der Waals surface area contributed by atoms with E-state index in [-0.39, 0.29) is 0 Å². The molecular weight excluding hydrogens is 236 g/mol. The Balaban J connectivity index is 1.57. The van der Waals surface area contributed by atoms with E-state index >= 15 is 0 Å². The molecule has 1 fully saturated rings. The molecule has 2 heterocycles. The maximum Gasteiger partial charge on any atom is 0.162 e. The first kappa shape index (κ1) is 12.7. The van der Waals surface area contributed by atoms with E-state index in [0.29, 0.717) is 12.2 Å². The monoisotopic (exact) mass is 258 g/mol. The van der Waals surface area contributed by atoms with Crippen LogP contribution in [0.25, 0.3) is 0 Å². The van der Waals surface area contributed by atoms with Gasteiger partial charge >= 0.3 is 0 Å². The minimum atomic E-state index is 0.313. The van der Waals surface area contributed by atoms with Crippen molar-refractivity contribution in [2.45, 2.75) is 32.1 Å². The van der Waals surface area contributed by atoms with Gasteiger partial charge in [-0.25, -0.2) is 0 Å². The predicted molar refractivity (Wildman–Crippen MR) is 77.8 cm³/mol. The Hall–Kier alpha value is -1.35. The molecule has 102 valence electrons. The Morgan fingerprint density at radius 1 is 1.21 bits per heavy atom. The number of piperidine rings is 1. The molecule has 0 unspecified atom stereocenters. The molecule has 19 heavy (non-hydrogen) atoms. The van der Waals surface area contributed by atoms with Crippen LogP contribution >= 0.6 is 0 Å². The minimum absolute atomic E-state index is 0.313. The summed E-state index contributed by atoms with van der Waals surface area (Å²) in [5.41, 5.74) is 3.40. The molecule has 2 aliphatic rings. The van der Waals surface area contributed by atoms with Gasteiger partial charge < -0.3 is 10.6 Å². The van der Waals surface area contributed by atoms with E-state index in [2.05, 4.69) is 22.8 Å². The molecule has 3 nitrogen and oxygen atoms in total. The molecule has 3 rings (SSSR count). The average Bonchev–Trinajstić information content (AvgIpc) is 2.93. The molecule has 2 aliphatic heterocycles. The van der Waals surface area contributed by atoms with Crippen molar-refractivity contribution in [3.8, 4) is 0 Å². The first-order valence-corrected chi connectivity index (χ1v) is 7.43. The van der Waals surface area contributed by atoms with Crippen LogP contribution in [-0.2, 0) is 6.42 Å². The number of fused-ring (bicyclic) bond motifs is 1. The largest absolute Gasteiger partial charge is 0.384 e. The summed E-state index contributed by atoms with van der Waals surface area (Å²) >= 11 is 0. The van der Waals surface area contributed by atoms with Crippen LogP contribution in [0.4, 0.5) is 5.69 Å². The molecule has 0 aromatic heterocycles. The van der Waals surface area contributed by atoms with Crippen molar-refractivity contribution in [3.63, 3.8) is 0 Å². The van der Waals surface area contributed by atoms with E-state index in [0.717, 1.165) is 44.0 Å². The third kappa shape index (κ3) is 2.98. The summed E-state index contributed by atoms with van der Waals surface area (Å²) < 4.78 is 0. The molecule has 0 aliphatic carbocycles. The Morgan fingerprint density at radius 3 is 2.89 bits per heavy atom. The highest BCUT2D eigenvalue weighted by atomic mass is 16.1. The fourth-order valence-corrected chi connectivity index (χ4v) is 3.13. The lowest BCUT2D eigenvalue weighted by Crippen LogP contribution is -2.28. The number of carbonyl (C=O) groups excluding carboxylic acids is 1. The second-order valence-corrected chi connectivity index (χ2v) is 5.70. The van der Waals surface area contributed by atoms with Gasteiger partial charge in [0.1, 0.15) is 0 Å².